The van der Waals surface area contributed by atoms with Gasteiger partial charge in [0.25, 0.3) is 0 Å². The molecule has 1 aromatic rings. The second-order valence-electron chi connectivity index (χ2n) is 2.64. The van der Waals surface area contributed by atoms with Gasteiger partial charge in [-0.2, -0.15) is 0 Å². The molecule has 1 aromatic carbocycles. The number of nitrogens with one attached hydrogen (secondary N) is 2. The Bertz CT molecular complexity index is 307. The number of anilines is 1. The van der Waals surface area contributed by atoms with Gasteiger partial charge in [0.1, 0.15) is 0 Å². The van der Waals surface area contributed by atoms with Crippen molar-refractivity contribution in [3.63, 3.8) is 0 Å². The highest BCUT2D eigenvalue weighted by molar-refractivity contribution is 5.85. The average Bonchev–Trinajstić information content (AvgIpc) is 2.06. The summed E-state index contributed by atoms with van der Waals surface area (Å²) in [4.78, 5) is 0. The van der Waals surface area contributed by atoms with Crippen LogP contribution < -0.4 is 10.9 Å². The van der Waals surface area contributed by atoms with Crippen molar-refractivity contribution in [3.05, 3.63) is 36.0 Å². The molecule has 2 nitrogen and oxygen atoms in total. The fraction of sp³-hybridized carbons (Fsp3) is 0.111. The van der Waals surface area contributed by atoms with Gasteiger partial charge in [0.2, 0.25) is 0 Å². The van der Waals surface area contributed by atoms with Crippen LogP contribution in [-0.4, -0.2) is 0 Å². The summed E-state index contributed by atoms with van der Waals surface area (Å²) >= 11 is 0. The zero-order valence-corrected chi connectivity index (χ0v) is 7.61. The molecule has 0 aliphatic carbocycles. The number of benzene rings is 1. The molecule has 0 spiro atoms. The third-order valence-corrected chi connectivity index (χ3v) is 1.85. The molecule has 12 heavy (non-hydrogen) atoms. The van der Waals surface area contributed by atoms with Crippen molar-refractivity contribution in [2.24, 2.45) is 0 Å². The van der Waals surface area contributed by atoms with Crippen molar-refractivity contribution in [1.82, 2.24) is 5.43 Å². The first-order chi connectivity index (χ1) is 5.38. The maximum absolute atomic E-state index is 3.07. The first kappa shape index (κ1) is 8.94. The molecular formula is C9H11ClN2. The van der Waals surface area contributed by atoms with Crippen LogP contribution in [0.15, 0.2) is 30.5 Å². The van der Waals surface area contributed by atoms with E-state index < -0.39 is 0 Å². The number of fused-ring (bicyclic) bond motifs is 1. The van der Waals surface area contributed by atoms with E-state index in [1.54, 1.807) is 0 Å². The average molecular weight is 183 g/mol. The Morgan fingerprint density at radius 1 is 1.17 bits per heavy atom. The molecule has 1 aliphatic heterocycles. The molecule has 3 heteroatoms. The van der Waals surface area contributed by atoms with Gasteiger partial charge >= 0.3 is 0 Å². The lowest BCUT2D eigenvalue weighted by atomic mass is 10.1. The minimum absolute atomic E-state index is 0. The van der Waals surface area contributed by atoms with Gasteiger partial charge in [0.15, 0.2) is 0 Å². The molecule has 0 atom stereocenters. The second-order valence-corrected chi connectivity index (χ2v) is 2.64. The SMILES string of the molecule is CC1=CNNc2ccccc21.Cl. The van der Waals surface area contributed by atoms with E-state index in [9.17, 15) is 0 Å². The molecule has 2 rings (SSSR count). The second kappa shape index (κ2) is 3.50. The summed E-state index contributed by atoms with van der Waals surface area (Å²) in [6.07, 6.45) is 1.96. The van der Waals surface area contributed by atoms with Gasteiger partial charge in [0, 0.05) is 11.8 Å². The number of hydrogen-bond acceptors (Lipinski definition) is 2. The third kappa shape index (κ3) is 1.38. The zero-order chi connectivity index (χ0) is 7.68. The zero-order valence-electron chi connectivity index (χ0n) is 6.79. The molecular weight excluding hydrogens is 172 g/mol. The van der Waals surface area contributed by atoms with E-state index in [-0.39, 0.29) is 12.4 Å². The molecule has 2 N–H and O–H groups in total. The van der Waals surface area contributed by atoms with E-state index in [0.717, 1.165) is 5.69 Å². The Hall–Kier alpha value is -1.15. The first-order valence-corrected chi connectivity index (χ1v) is 3.65. The lowest BCUT2D eigenvalue weighted by Gasteiger charge is -2.17. The Morgan fingerprint density at radius 2 is 1.92 bits per heavy atom. The number of para-hydroxylation sites is 1. The summed E-state index contributed by atoms with van der Waals surface area (Å²) in [5, 5.41) is 0. The summed E-state index contributed by atoms with van der Waals surface area (Å²) in [5.74, 6) is 0. The number of hydrogen-bond donors (Lipinski definition) is 2. The van der Waals surface area contributed by atoms with Gasteiger partial charge in [-0.3, -0.25) is 0 Å². The molecule has 0 unspecified atom stereocenters. The molecule has 0 amide bonds. The standard InChI is InChI=1S/C9H10N2.ClH/c1-7-6-10-11-9-5-3-2-4-8(7)9;/h2-6,10-11H,1H3;1H. The number of allylic oxidation sites excluding steroid dienone is 1. The third-order valence-electron chi connectivity index (χ3n) is 1.85. The lowest BCUT2D eigenvalue weighted by molar-refractivity contribution is 1.04. The van der Waals surface area contributed by atoms with Gasteiger partial charge < -0.3 is 10.9 Å². The van der Waals surface area contributed by atoms with Crippen LogP contribution in [0.1, 0.15) is 12.5 Å². The smallest absolute Gasteiger partial charge is 0.0615 e. The summed E-state index contributed by atoms with van der Waals surface area (Å²) in [6.45, 7) is 2.09. The predicted octanol–water partition coefficient (Wildman–Crippen LogP) is 2.40. The van der Waals surface area contributed by atoms with Gasteiger partial charge in [-0.1, -0.05) is 18.2 Å². The minimum Gasteiger partial charge on any atom is -0.308 e. The van der Waals surface area contributed by atoms with Crippen LogP contribution in [0.4, 0.5) is 5.69 Å². The molecule has 64 valence electrons. The lowest BCUT2D eigenvalue weighted by Crippen LogP contribution is -2.19. The van der Waals surface area contributed by atoms with Crippen molar-refractivity contribution < 1.29 is 0 Å². The molecule has 0 fully saturated rings. The van der Waals surface area contributed by atoms with E-state index in [4.69, 9.17) is 0 Å². The quantitative estimate of drug-likeness (QED) is 0.644. The van der Waals surface area contributed by atoms with Crippen LogP contribution in [0.25, 0.3) is 5.57 Å². The Balaban J connectivity index is 0.000000720. The van der Waals surface area contributed by atoms with Crippen LogP contribution in [0.5, 0.6) is 0 Å². The molecule has 1 heterocycles. The summed E-state index contributed by atoms with van der Waals surface area (Å²) in [7, 11) is 0. The monoisotopic (exact) mass is 182 g/mol. The molecule has 1 aliphatic rings. The number of halogens is 1. The maximum atomic E-state index is 3.07. The summed E-state index contributed by atoms with van der Waals surface area (Å²) < 4.78 is 0. The number of hydrazine groups is 1. The molecule has 0 aromatic heterocycles. The summed E-state index contributed by atoms with van der Waals surface area (Å²) in [6, 6.07) is 8.23. The molecule has 0 bridgehead atoms. The van der Waals surface area contributed by atoms with Crippen molar-refractivity contribution >= 4 is 23.7 Å². The van der Waals surface area contributed by atoms with Crippen LogP contribution in [0.3, 0.4) is 0 Å². The van der Waals surface area contributed by atoms with E-state index >= 15 is 0 Å². The highest BCUT2D eigenvalue weighted by Gasteiger charge is 2.05. The Kier molecular flexibility index (Phi) is 2.61. The normalized spacial score (nSPS) is 12.9. The Labute approximate surface area is 78.1 Å². The topological polar surface area (TPSA) is 24.1 Å². The van der Waals surface area contributed by atoms with E-state index in [1.807, 2.05) is 18.3 Å². The highest BCUT2D eigenvalue weighted by atomic mass is 35.5. The van der Waals surface area contributed by atoms with E-state index in [1.165, 1.54) is 11.1 Å². The van der Waals surface area contributed by atoms with Crippen molar-refractivity contribution in [1.29, 1.82) is 0 Å². The number of rotatable bonds is 0. The molecule has 0 saturated heterocycles. The van der Waals surface area contributed by atoms with Gasteiger partial charge in [-0.15, -0.1) is 12.4 Å². The minimum atomic E-state index is 0. The fourth-order valence-corrected chi connectivity index (χ4v) is 1.24. The fourth-order valence-electron chi connectivity index (χ4n) is 1.24. The first-order valence-electron chi connectivity index (χ1n) is 3.65. The van der Waals surface area contributed by atoms with Crippen LogP contribution in [-0.2, 0) is 0 Å². The van der Waals surface area contributed by atoms with Crippen LogP contribution in [0.2, 0.25) is 0 Å². The van der Waals surface area contributed by atoms with Gasteiger partial charge in [0.05, 0.1) is 5.69 Å². The van der Waals surface area contributed by atoms with Crippen molar-refractivity contribution in [2.45, 2.75) is 6.92 Å². The van der Waals surface area contributed by atoms with Gasteiger partial charge in [-0.05, 0) is 18.6 Å². The van der Waals surface area contributed by atoms with Crippen LogP contribution >= 0.6 is 12.4 Å². The highest BCUT2D eigenvalue weighted by Crippen LogP contribution is 2.24. The molecule has 0 radical (unpaired) electrons. The Morgan fingerprint density at radius 3 is 2.67 bits per heavy atom. The summed E-state index contributed by atoms with van der Waals surface area (Å²) in [5.41, 5.74) is 9.72. The largest absolute Gasteiger partial charge is 0.308 e. The van der Waals surface area contributed by atoms with Crippen molar-refractivity contribution in [2.75, 3.05) is 5.43 Å². The van der Waals surface area contributed by atoms with Crippen LogP contribution in [0, 0.1) is 0 Å². The molecule has 0 saturated carbocycles. The van der Waals surface area contributed by atoms with E-state index in [0.29, 0.717) is 0 Å². The predicted molar refractivity (Wildman–Crippen MR) is 54.1 cm³/mol. The maximum Gasteiger partial charge on any atom is 0.0615 e. The van der Waals surface area contributed by atoms with Crippen molar-refractivity contribution in [3.8, 4) is 0 Å². The van der Waals surface area contributed by atoms with E-state index in [2.05, 4.69) is 29.9 Å². The van der Waals surface area contributed by atoms with Gasteiger partial charge in [-0.25, -0.2) is 0 Å².